The van der Waals surface area contributed by atoms with Crippen molar-refractivity contribution in [2.45, 2.75) is 19.8 Å². The van der Waals surface area contributed by atoms with Crippen LogP contribution >= 0.6 is 0 Å². The summed E-state index contributed by atoms with van der Waals surface area (Å²) in [7, 11) is 0. The van der Waals surface area contributed by atoms with Crippen molar-refractivity contribution in [1.82, 2.24) is 0 Å². The number of hydrogen-bond acceptors (Lipinski definition) is 1. The van der Waals surface area contributed by atoms with Crippen LogP contribution in [0.1, 0.15) is 41.3 Å². The van der Waals surface area contributed by atoms with E-state index in [1.165, 1.54) is 12.1 Å². The van der Waals surface area contributed by atoms with Gasteiger partial charge in [0.05, 0.1) is 0 Å². The normalized spacial score (nSPS) is 11.4. The summed E-state index contributed by atoms with van der Waals surface area (Å²) in [6.07, 6.45) is 4.10. The van der Waals surface area contributed by atoms with Gasteiger partial charge in [-0.25, -0.2) is 4.39 Å². The van der Waals surface area contributed by atoms with E-state index in [9.17, 15) is 9.18 Å². The molecule has 2 aromatic rings. The lowest BCUT2D eigenvalue weighted by molar-refractivity contribution is 0.100. The van der Waals surface area contributed by atoms with Gasteiger partial charge in [0.1, 0.15) is 5.82 Å². The number of hydrogen-bond donors (Lipinski definition) is 1. The summed E-state index contributed by atoms with van der Waals surface area (Å²) in [5, 5.41) is 0. The van der Waals surface area contributed by atoms with E-state index in [2.05, 4.69) is 13.0 Å². The molecule has 108 valence electrons. The molecule has 0 saturated carbocycles. The number of amides is 1. The molecule has 0 spiro atoms. The molecule has 2 nitrogen and oxygen atoms in total. The highest BCUT2D eigenvalue weighted by Crippen LogP contribution is 2.25. The van der Waals surface area contributed by atoms with Gasteiger partial charge >= 0.3 is 0 Å². The Bertz CT molecular complexity index is 642. The fraction of sp³-hybridized carbons (Fsp3) is 0.167. The van der Waals surface area contributed by atoms with Gasteiger partial charge < -0.3 is 5.73 Å². The van der Waals surface area contributed by atoms with Crippen LogP contribution in [0.5, 0.6) is 0 Å². The first-order valence-corrected chi connectivity index (χ1v) is 6.98. The monoisotopic (exact) mass is 283 g/mol. The van der Waals surface area contributed by atoms with Crippen LogP contribution in [-0.2, 0) is 0 Å². The van der Waals surface area contributed by atoms with E-state index in [1.807, 2.05) is 12.1 Å². The molecule has 1 amide bonds. The van der Waals surface area contributed by atoms with Crippen LogP contribution in [0.2, 0.25) is 0 Å². The summed E-state index contributed by atoms with van der Waals surface area (Å²) >= 11 is 0. The number of carbonyl (C=O) groups excluding carboxylic acids is 1. The molecule has 2 N–H and O–H groups in total. The molecular formula is C18H18FNO. The molecule has 0 atom stereocenters. The lowest BCUT2D eigenvalue weighted by Crippen LogP contribution is -2.10. The minimum atomic E-state index is -0.442. The number of allylic oxidation sites excluding steroid dienone is 1. The summed E-state index contributed by atoms with van der Waals surface area (Å²) in [6.45, 7) is 2.11. The third-order valence-electron chi connectivity index (χ3n) is 3.27. The highest BCUT2D eigenvalue weighted by molar-refractivity contribution is 5.93. The van der Waals surface area contributed by atoms with Gasteiger partial charge in [-0.3, -0.25) is 4.79 Å². The Morgan fingerprint density at radius 1 is 1.00 bits per heavy atom. The molecule has 2 aromatic carbocycles. The predicted molar refractivity (Wildman–Crippen MR) is 83.3 cm³/mol. The van der Waals surface area contributed by atoms with E-state index >= 15 is 0 Å². The second kappa shape index (κ2) is 6.84. The highest BCUT2D eigenvalue weighted by Gasteiger charge is 2.07. The van der Waals surface area contributed by atoms with Crippen molar-refractivity contribution >= 4 is 11.5 Å². The first-order valence-electron chi connectivity index (χ1n) is 6.98. The van der Waals surface area contributed by atoms with E-state index in [-0.39, 0.29) is 5.82 Å². The smallest absolute Gasteiger partial charge is 0.248 e. The lowest BCUT2D eigenvalue weighted by atomic mass is 9.95. The molecule has 0 radical (unpaired) electrons. The average molecular weight is 283 g/mol. The summed E-state index contributed by atoms with van der Waals surface area (Å²) in [5.74, 6) is -0.694. The maximum atomic E-state index is 13.1. The standard InChI is InChI=1S/C18H18FNO/c1-2-3-4-17(14-9-11-16(19)12-10-14)13-5-7-15(8-6-13)18(20)21/h4-12H,2-3H2,1H3,(H2,20,21). The Hall–Kier alpha value is -2.42. The van der Waals surface area contributed by atoms with Gasteiger partial charge in [-0.1, -0.05) is 43.7 Å². The van der Waals surface area contributed by atoms with Gasteiger partial charge in [0.25, 0.3) is 0 Å². The SMILES string of the molecule is CCCC=C(c1ccc(F)cc1)c1ccc(C(N)=O)cc1. The fourth-order valence-corrected chi connectivity index (χ4v) is 2.13. The van der Waals surface area contributed by atoms with Crippen LogP contribution in [-0.4, -0.2) is 5.91 Å². The number of unbranched alkanes of at least 4 members (excludes halogenated alkanes) is 1. The number of benzene rings is 2. The second-order valence-corrected chi connectivity index (χ2v) is 4.85. The molecule has 2 rings (SSSR count). The molecule has 3 heteroatoms. The maximum Gasteiger partial charge on any atom is 0.248 e. The van der Waals surface area contributed by atoms with Crippen LogP contribution in [0, 0.1) is 5.82 Å². The topological polar surface area (TPSA) is 43.1 Å². The number of halogens is 1. The van der Waals surface area contributed by atoms with E-state index in [0.29, 0.717) is 5.56 Å². The van der Waals surface area contributed by atoms with E-state index in [0.717, 1.165) is 29.5 Å². The van der Waals surface area contributed by atoms with Gasteiger partial charge in [-0.05, 0) is 47.4 Å². The molecule has 0 aromatic heterocycles. The van der Waals surface area contributed by atoms with Crippen LogP contribution in [0.4, 0.5) is 4.39 Å². The zero-order chi connectivity index (χ0) is 15.2. The molecule has 0 aliphatic heterocycles. The summed E-state index contributed by atoms with van der Waals surface area (Å²) in [5.41, 5.74) is 8.71. The van der Waals surface area contributed by atoms with Crippen molar-refractivity contribution in [3.05, 3.63) is 77.1 Å². The fourth-order valence-electron chi connectivity index (χ4n) is 2.13. The maximum absolute atomic E-state index is 13.1. The Morgan fingerprint density at radius 3 is 1.95 bits per heavy atom. The Balaban J connectivity index is 2.40. The first-order chi connectivity index (χ1) is 10.1. The largest absolute Gasteiger partial charge is 0.366 e. The minimum Gasteiger partial charge on any atom is -0.366 e. The van der Waals surface area contributed by atoms with Gasteiger partial charge in [-0.15, -0.1) is 0 Å². The molecule has 0 aliphatic rings. The Labute approximate surface area is 124 Å². The van der Waals surface area contributed by atoms with Crippen molar-refractivity contribution < 1.29 is 9.18 Å². The highest BCUT2D eigenvalue weighted by atomic mass is 19.1. The summed E-state index contributed by atoms with van der Waals surface area (Å²) < 4.78 is 13.1. The van der Waals surface area contributed by atoms with E-state index in [4.69, 9.17) is 5.73 Å². The Kier molecular flexibility index (Phi) is 4.88. The molecule has 21 heavy (non-hydrogen) atoms. The third kappa shape index (κ3) is 3.78. The minimum absolute atomic E-state index is 0.252. The van der Waals surface area contributed by atoms with E-state index in [1.54, 1.807) is 24.3 Å². The lowest BCUT2D eigenvalue weighted by Gasteiger charge is -2.09. The average Bonchev–Trinajstić information content (AvgIpc) is 2.50. The molecule has 0 fully saturated rings. The van der Waals surface area contributed by atoms with Crippen LogP contribution in [0.15, 0.2) is 54.6 Å². The number of primary amides is 1. The van der Waals surface area contributed by atoms with Crippen molar-refractivity contribution in [2.24, 2.45) is 5.73 Å². The van der Waals surface area contributed by atoms with Crippen molar-refractivity contribution in [2.75, 3.05) is 0 Å². The van der Waals surface area contributed by atoms with Crippen molar-refractivity contribution in [3.8, 4) is 0 Å². The summed E-state index contributed by atoms with van der Waals surface area (Å²) in [4.78, 5) is 11.1. The van der Waals surface area contributed by atoms with Gasteiger partial charge in [0, 0.05) is 5.56 Å². The van der Waals surface area contributed by atoms with Crippen LogP contribution in [0.3, 0.4) is 0 Å². The zero-order valence-electron chi connectivity index (χ0n) is 12.0. The predicted octanol–water partition coefficient (Wildman–Crippen LogP) is 4.16. The number of rotatable bonds is 5. The summed E-state index contributed by atoms with van der Waals surface area (Å²) in [6, 6.07) is 13.6. The van der Waals surface area contributed by atoms with Crippen molar-refractivity contribution in [3.63, 3.8) is 0 Å². The van der Waals surface area contributed by atoms with Crippen LogP contribution < -0.4 is 5.73 Å². The number of carbonyl (C=O) groups is 1. The molecular weight excluding hydrogens is 265 g/mol. The van der Waals surface area contributed by atoms with Gasteiger partial charge in [0.2, 0.25) is 5.91 Å². The van der Waals surface area contributed by atoms with Crippen LogP contribution in [0.25, 0.3) is 5.57 Å². The van der Waals surface area contributed by atoms with Crippen molar-refractivity contribution in [1.29, 1.82) is 0 Å². The quantitative estimate of drug-likeness (QED) is 0.879. The molecule has 0 heterocycles. The van der Waals surface area contributed by atoms with Gasteiger partial charge in [-0.2, -0.15) is 0 Å². The Morgan fingerprint density at radius 2 is 1.48 bits per heavy atom. The molecule has 0 unspecified atom stereocenters. The second-order valence-electron chi connectivity index (χ2n) is 4.85. The molecule has 0 saturated heterocycles. The van der Waals surface area contributed by atoms with E-state index < -0.39 is 5.91 Å². The zero-order valence-corrected chi connectivity index (χ0v) is 12.0. The van der Waals surface area contributed by atoms with Gasteiger partial charge in [0.15, 0.2) is 0 Å². The first kappa shape index (κ1) is 15.0. The third-order valence-corrected chi connectivity index (χ3v) is 3.27. The molecule has 0 bridgehead atoms. The molecule has 0 aliphatic carbocycles. The number of nitrogens with two attached hydrogens (primary N) is 1.